The summed E-state index contributed by atoms with van der Waals surface area (Å²) in [5.41, 5.74) is 0.840. The summed E-state index contributed by atoms with van der Waals surface area (Å²) in [7, 11) is 0.365. The molecule has 8 N–H and O–H groups in total. The molecule has 5 aromatic rings. The van der Waals surface area contributed by atoms with Gasteiger partial charge in [-0.1, -0.05) is 115 Å². The Kier molecular flexibility index (Phi) is 16.2. The first-order valence-electron chi connectivity index (χ1n) is 20.9. The summed E-state index contributed by atoms with van der Waals surface area (Å²) in [5.74, 6) is 0.401. The fraction of sp³-hybridized carbons (Fsp3) is 0.304. The minimum Gasteiger partial charge on any atom is -0.461 e. The Bertz CT molecular complexity index is 2320. The topological polar surface area (TPSA) is 242 Å². The highest BCUT2D eigenvalue weighted by molar-refractivity contribution is 8.13. The number of para-hydroxylation sites is 2. The van der Waals surface area contributed by atoms with Gasteiger partial charge in [0, 0.05) is 41.1 Å². The molecular weight excluding hydrogens is 909 g/mol. The highest BCUT2D eigenvalue weighted by atomic mass is 32.4. The van der Waals surface area contributed by atoms with E-state index in [9.17, 15) is 40.9 Å². The third-order valence-electron chi connectivity index (χ3n) is 11.1. The zero-order chi connectivity index (χ0) is 47.0. The number of aliphatic hydroxyl groups excluding tert-OH is 8. The summed E-state index contributed by atoms with van der Waals surface area (Å²) in [4.78, 5) is 0. The van der Waals surface area contributed by atoms with Crippen LogP contribution < -0.4 is 25.4 Å². The first-order valence-corrected chi connectivity index (χ1v) is 25.3. The molecule has 350 valence electrons. The molecule has 17 nitrogen and oxygen atoms in total. The highest BCUT2D eigenvalue weighted by Crippen LogP contribution is 2.64. The van der Waals surface area contributed by atoms with Crippen LogP contribution in [0.15, 0.2) is 154 Å². The van der Waals surface area contributed by atoms with E-state index in [1.165, 1.54) is 12.4 Å². The third-order valence-corrected chi connectivity index (χ3v) is 20.1. The molecule has 2 aliphatic rings. The van der Waals surface area contributed by atoms with Gasteiger partial charge in [-0.3, -0.25) is 0 Å². The van der Waals surface area contributed by atoms with Crippen molar-refractivity contribution in [3.63, 3.8) is 0 Å². The molecule has 7 rings (SSSR count). The van der Waals surface area contributed by atoms with Gasteiger partial charge in [-0.2, -0.15) is 10.2 Å². The van der Waals surface area contributed by atoms with Gasteiger partial charge in [0.2, 0.25) is 12.6 Å². The Hall–Kier alpha value is -4.88. The number of ether oxygens (including phenoxy) is 4. The average molecular weight is 962 g/mol. The lowest BCUT2D eigenvalue weighted by molar-refractivity contribution is -0.277. The van der Waals surface area contributed by atoms with Crippen molar-refractivity contribution in [3.05, 3.63) is 151 Å². The molecule has 0 aliphatic carbocycles. The van der Waals surface area contributed by atoms with Gasteiger partial charge in [0.15, 0.2) is 0 Å². The van der Waals surface area contributed by atoms with Gasteiger partial charge in [-0.15, -0.1) is 0 Å². The number of nitrogens with zero attached hydrogens (tertiary/aromatic N) is 5. The zero-order valence-corrected chi connectivity index (χ0v) is 38.5. The molecule has 0 bridgehead atoms. The van der Waals surface area contributed by atoms with E-state index in [4.69, 9.17) is 45.5 Å². The fourth-order valence-electron chi connectivity index (χ4n) is 7.41. The summed E-state index contributed by atoms with van der Waals surface area (Å²) in [6, 6.07) is 43.2. The van der Waals surface area contributed by atoms with Gasteiger partial charge in [0.1, 0.15) is 60.3 Å². The summed E-state index contributed by atoms with van der Waals surface area (Å²) in [5, 5.41) is 95.1. The Labute approximate surface area is 387 Å². The maximum absolute atomic E-state index is 10.8. The fourth-order valence-corrected chi connectivity index (χ4v) is 15.7. The number of hydrazone groups is 2. The van der Waals surface area contributed by atoms with Gasteiger partial charge in [0.25, 0.3) is 6.49 Å². The minimum atomic E-state index is -3.58. The lowest BCUT2D eigenvalue weighted by Crippen LogP contribution is -2.60. The van der Waals surface area contributed by atoms with E-state index < -0.39 is 88.2 Å². The van der Waals surface area contributed by atoms with Crippen LogP contribution in [0.1, 0.15) is 11.1 Å². The molecule has 20 heteroatoms. The largest absolute Gasteiger partial charge is 0.461 e. The Morgan fingerprint density at radius 1 is 0.515 bits per heavy atom. The second kappa shape index (κ2) is 21.8. The summed E-state index contributed by atoms with van der Waals surface area (Å²) in [6.45, 7) is -4.83. The van der Waals surface area contributed by atoms with Crippen molar-refractivity contribution in [3.8, 4) is 11.5 Å². The van der Waals surface area contributed by atoms with Gasteiger partial charge < -0.3 is 59.8 Å². The van der Waals surface area contributed by atoms with Crippen LogP contribution in [-0.2, 0) is 21.3 Å². The van der Waals surface area contributed by atoms with Crippen LogP contribution in [0.5, 0.6) is 11.5 Å². The molecule has 0 aromatic heterocycles. The van der Waals surface area contributed by atoms with Crippen molar-refractivity contribution in [2.75, 3.05) is 27.3 Å². The molecule has 2 aliphatic heterocycles. The summed E-state index contributed by atoms with van der Waals surface area (Å²) >= 11 is 6.76. The van der Waals surface area contributed by atoms with Gasteiger partial charge in [-0.25, -0.2) is 14.1 Å². The number of hydrogen-bond donors (Lipinski definition) is 8. The number of rotatable bonds is 16. The highest BCUT2D eigenvalue weighted by Gasteiger charge is 2.46. The average Bonchev–Trinajstić information content (AvgIpc) is 3.35. The molecule has 1 unspecified atom stereocenters. The van der Waals surface area contributed by atoms with Gasteiger partial charge >= 0.3 is 0 Å². The molecule has 0 spiro atoms. The standard InChI is InChI=1S/C46H53N5O12P2S/c1-50(47-26-30-16-12-14-24-35(30)60-45-43(58)41(56)39(54)37(28-52)62-45)65(66,49-64(32-18-6-3-7-19-32,33-20-8-4-9-21-33)34-22-10-5-11-23-34)51(2)48-27-31-17-13-15-25-36(31)61-46-44(59)42(57)40(55)38(29-53)63-46/h3-27,37-46,52-59H,28-29H2,1-2H3/b47-26+,48-27?/t37-,38-,39-,40-,41+,42+,43-,44-,45-,46-,65?/m1/s1. The SMILES string of the molecule is CN(N=Cc1ccccc1O[C@@H]1O[C@H](CO)[C@@H](O)[C@H](O)[C@H]1O)P(=S)(N=P(c1ccccc1)(c1ccccc1)c1ccccc1)N(C)/N=C/c1ccccc1O[C@@H]1O[C@H](CO)[C@@H](O)[C@H](O)[C@H]1O. The minimum absolute atomic E-state index is 0.200. The van der Waals surface area contributed by atoms with Crippen LogP contribution in [0.3, 0.4) is 0 Å². The Balaban J connectivity index is 1.33. The van der Waals surface area contributed by atoms with Crippen LogP contribution in [0.4, 0.5) is 0 Å². The molecule has 2 saturated heterocycles. The van der Waals surface area contributed by atoms with Crippen LogP contribution in [0.25, 0.3) is 0 Å². The summed E-state index contributed by atoms with van der Waals surface area (Å²) < 4.78 is 32.3. The van der Waals surface area contributed by atoms with E-state index in [0.29, 0.717) is 11.1 Å². The normalized spacial score (nSPS) is 26.7. The molecule has 5 aromatic carbocycles. The Morgan fingerprint density at radius 3 is 1.20 bits per heavy atom. The molecule has 11 atom stereocenters. The van der Waals surface area contributed by atoms with Crippen molar-refractivity contribution in [1.29, 1.82) is 0 Å². The van der Waals surface area contributed by atoms with Crippen LogP contribution in [0.2, 0.25) is 0 Å². The van der Waals surface area contributed by atoms with Crippen LogP contribution in [-0.4, -0.2) is 152 Å². The smallest absolute Gasteiger partial charge is 0.268 e. The Morgan fingerprint density at radius 2 is 0.848 bits per heavy atom. The first kappa shape index (κ1) is 49.0. The van der Waals surface area contributed by atoms with E-state index in [2.05, 4.69) is 0 Å². The number of benzene rings is 5. The van der Waals surface area contributed by atoms with Crippen molar-refractivity contribution in [2.24, 2.45) is 14.7 Å². The van der Waals surface area contributed by atoms with Crippen molar-refractivity contribution in [2.45, 2.75) is 61.4 Å². The van der Waals surface area contributed by atoms with Crippen LogP contribution in [0, 0.1) is 0 Å². The molecule has 66 heavy (non-hydrogen) atoms. The van der Waals surface area contributed by atoms with E-state index in [-0.39, 0.29) is 11.5 Å². The zero-order valence-electron chi connectivity index (χ0n) is 35.9. The van der Waals surface area contributed by atoms with E-state index in [1.54, 1.807) is 72.2 Å². The van der Waals surface area contributed by atoms with E-state index in [1.807, 2.05) is 91.0 Å². The molecule has 0 amide bonds. The molecule has 2 heterocycles. The summed E-state index contributed by atoms with van der Waals surface area (Å²) in [6.07, 6.45) is -12.0. The maximum Gasteiger partial charge on any atom is 0.268 e. The second-order valence-electron chi connectivity index (χ2n) is 15.4. The van der Waals surface area contributed by atoms with Crippen molar-refractivity contribution in [1.82, 2.24) is 9.56 Å². The first-order chi connectivity index (χ1) is 31.8. The lowest BCUT2D eigenvalue weighted by Gasteiger charge is -2.39. The monoisotopic (exact) mass is 961 g/mol. The third kappa shape index (κ3) is 10.3. The van der Waals surface area contributed by atoms with Crippen molar-refractivity contribution < 1.29 is 59.8 Å². The maximum atomic E-state index is 10.8. The predicted molar refractivity (Wildman–Crippen MR) is 254 cm³/mol. The van der Waals surface area contributed by atoms with E-state index in [0.717, 1.165) is 15.9 Å². The number of hydrogen-bond acceptors (Lipinski definition) is 15. The van der Waals surface area contributed by atoms with Gasteiger partial charge in [-0.05, 0) is 36.1 Å². The van der Waals surface area contributed by atoms with Gasteiger partial charge in [0.05, 0.1) is 32.7 Å². The molecule has 0 radical (unpaired) electrons. The van der Waals surface area contributed by atoms with Crippen LogP contribution >= 0.6 is 13.5 Å². The second-order valence-corrected chi connectivity index (χ2v) is 22.6. The quantitative estimate of drug-likeness (QED) is 0.0399. The predicted octanol–water partition coefficient (Wildman–Crippen LogP) is 1.68. The molecule has 2 fully saturated rings. The molecule has 0 saturated carbocycles. The lowest BCUT2D eigenvalue weighted by atomic mass is 9.99. The molecular formula is C46H53N5O12P2S. The number of aliphatic hydroxyl groups is 8. The van der Waals surface area contributed by atoms with E-state index >= 15 is 0 Å². The van der Waals surface area contributed by atoms with Crippen molar-refractivity contribution >= 4 is 53.7 Å².